The highest BCUT2D eigenvalue weighted by molar-refractivity contribution is 7.92. The summed E-state index contributed by atoms with van der Waals surface area (Å²) >= 11 is 0. The van der Waals surface area contributed by atoms with E-state index in [1.54, 1.807) is 0 Å². The summed E-state index contributed by atoms with van der Waals surface area (Å²) in [5, 5.41) is 12.9. The normalized spacial score (nSPS) is 11.5. The number of carboxylic acid groups (broad SMARTS) is 1. The van der Waals surface area contributed by atoms with E-state index in [1.807, 2.05) is 0 Å². The molecule has 1 aromatic carbocycles. The molecule has 24 heavy (non-hydrogen) atoms. The molecule has 2 N–H and O–H groups in total. The molecule has 0 unspecified atom stereocenters. The Hall–Kier alpha value is -2.46. The third kappa shape index (κ3) is 3.89. The molecule has 0 fully saturated rings. The average Bonchev–Trinajstić information content (AvgIpc) is 2.93. The van der Waals surface area contributed by atoms with Gasteiger partial charge in [-0.3, -0.25) is 9.40 Å². The summed E-state index contributed by atoms with van der Waals surface area (Å²) in [5.41, 5.74) is -0.264. The minimum Gasteiger partial charge on any atom is -0.478 e. The Morgan fingerprint density at radius 2 is 2.17 bits per heavy atom. The Kier molecular flexibility index (Phi) is 5.20. The van der Waals surface area contributed by atoms with Crippen LogP contribution in [0.2, 0.25) is 0 Å². The lowest BCUT2D eigenvalue weighted by atomic mass is 10.1. The van der Waals surface area contributed by atoms with Gasteiger partial charge >= 0.3 is 5.97 Å². The first kappa shape index (κ1) is 17.9. The number of carboxylic acids is 1. The van der Waals surface area contributed by atoms with Crippen LogP contribution in [0.3, 0.4) is 0 Å². The third-order valence-electron chi connectivity index (χ3n) is 3.11. The first-order valence-corrected chi connectivity index (χ1v) is 8.30. The van der Waals surface area contributed by atoms with Gasteiger partial charge in [0.15, 0.2) is 5.82 Å². The number of ether oxygens (including phenoxy) is 1. The smallest absolute Gasteiger partial charge is 0.338 e. The second-order valence-electron chi connectivity index (χ2n) is 5.02. The highest BCUT2D eigenvalue weighted by Gasteiger charge is 2.25. The van der Waals surface area contributed by atoms with Crippen molar-refractivity contribution >= 4 is 21.7 Å². The molecule has 2 aromatic rings. The van der Waals surface area contributed by atoms with Crippen molar-refractivity contribution in [3.05, 3.63) is 41.5 Å². The lowest BCUT2D eigenvalue weighted by Gasteiger charge is -2.10. The summed E-state index contributed by atoms with van der Waals surface area (Å²) in [4.78, 5) is 10.3. The molecule has 0 saturated heterocycles. The van der Waals surface area contributed by atoms with Gasteiger partial charge in [0, 0.05) is 13.3 Å². The Balaban J connectivity index is 2.34. The second kappa shape index (κ2) is 6.97. The number of hydrogen-bond acceptors (Lipinski definition) is 5. The molecule has 0 amide bonds. The molecule has 0 radical (unpaired) electrons. The van der Waals surface area contributed by atoms with Crippen molar-refractivity contribution in [2.75, 3.05) is 18.4 Å². The summed E-state index contributed by atoms with van der Waals surface area (Å²) in [6, 6.07) is 2.14. The fourth-order valence-electron chi connectivity index (χ4n) is 2.02. The molecule has 0 aliphatic carbocycles. The molecule has 2 rings (SSSR count). The molecule has 1 aromatic heterocycles. The third-order valence-corrected chi connectivity index (χ3v) is 4.49. The number of methoxy groups -OCH3 is 1. The van der Waals surface area contributed by atoms with E-state index >= 15 is 0 Å². The predicted octanol–water partition coefficient (Wildman–Crippen LogP) is 1.48. The van der Waals surface area contributed by atoms with E-state index in [9.17, 15) is 17.6 Å². The van der Waals surface area contributed by atoms with Gasteiger partial charge in [0.25, 0.3) is 10.0 Å². The first-order valence-electron chi connectivity index (χ1n) is 6.82. The Morgan fingerprint density at radius 3 is 2.79 bits per heavy atom. The SMILES string of the molecule is COCCn1cc(NS(=O)(=O)c2cc(C)cc(C(=O)O)c2F)cn1. The Labute approximate surface area is 137 Å². The number of aryl methyl sites for hydroxylation is 1. The van der Waals surface area contributed by atoms with Crippen LogP contribution >= 0.6 is 0 Å². The molecular formula is C14H16FN3O5S. The van der Waals surface area contributed by atoms with Gasteiger partial charge in [-0.05, 0) is 24.6 Å². The van der Waals surface area contributed by atoms with Crippen LogP contribution in [0.4, 0.5) is 10.1 Å². The van der Waals surface area contributed by atoms with Gasteiger partial charge < -0.3 is 9.84 Å². The summed E-state index contributed by atoms with van der Waals surface area (Å²) in [6.07, 6.45) is 2.68. The Bertz CT molecular complexity index is 863. The van der Waals surface area contributed by atoms with Gasteiger partial charge in [0.1, 0.15) is 4.90 Å². The van der Waals surface area contributed by atoms with E-state index in [-0.39, 0.29) is 5.69 Å². The molecule has 130 valence electrons. The molecule has 8 nitrogen and oxygen atoms in total. The van der Waals surface area contributed by atoms with E-state index in [0.717, 1.165) is 12.1 Å². The summed E-state index contributed by atoms with van der Waals surface area (Å²) in [6.45, 7) is 2.29. The summed E-state index contributed by atoms with van der Waals surface area (Å²) in [5.74, 6) is -2.85. The number of anilines is 1. The number of benzene rings is 1. The number of sulfonamides is 1. The second-order valence-corrected chi connectivity index (χ2v) is 6.67. The zero-order chi connectivity index (χ0) is 17.9. The van der Waals surface area contributed by atoms with Crippen LogP contribution in [0.1, 0.15) is 15.9 Å². The van der Waals surface area contributed by atoms with E-state index in [0.29, 0.717) is 18.7 Å². The molecule has 0 atom stereocenters. The van der Waals surface area contributed by atoms with Gasteiger partial charge in [-0.25, -0.2) is 17.6 Å². The molecule has 0 aliphatic heterocycles. The maximum Gasteiger partial charge on any atom is 0.338 e. The number of nitrogens with one attached hydrogen (secondary N) is 1. The highest BCUT2D eigenvalue weighted by Crippen LogP contribution is 2.23. The van der Waals surface area contributed by atoms with E-state index < -0.39 is 32.3 Å². The number of carbonyl (C=O) groups is 1. The minimum atomic E-state index is -4.30. The molecule has 0 aliphatic rings. The molecule has 0 saturated carbocycles. The number of rotatable bonds is 7. The zero-order valence-electron chi connectivity index (χ0n) is 13.0. The maximum absolute atomic E-state index is 14.2. The van der Waals surface area contributed by atoms with Crippen LogP contribution in [0.5, 0.6) is 0 Å². The number of hydrogen-bond donors (Lipinski definition) is 2. The molecule has 0 spiro atoms. The minimum absolute atomic E-state index is 0.129. The van der Waals surface area contributed by atoms with Crippen molar-refractivity contribution < 1.29 is 27.4 Å². The lowest BCUT2D eigenvalue weighted by Crippen LogP contribution is -2.16. The van der Waals surface area contributed by atoms with Crippen LogP contribution in [-0.2, 0) is 21.3 Å². The highest BCUT2D eigenvalue weighted by atomic mass is 32.2. The van der Waals surface area contributed by atoms with Gasteiger partial charge in [-0.2, -0.15) is 5.10 Å². The fraction of sp³-hybridized carbons (Fsp3) is 0.286. The molecule has 1 heterocycles. The van der Waals surface area contributed by atoms with Gasteiger partial charge in [-0.1, -0.05) is 0 Å². The lowest BCUT2D eigenvalue weighted by molar-refractivity contribution is 0.0691. The fourth-order valence-corrected chi connectivity index (χ4v) is 3.23. The van der Waals surface area contributed by atoms with Crippen molar-refractivity contribution in [2.24, 2.45) is 0 Å². The zero-order valence-corrected chi connectivity index (χ0v) is 13.8. The number of halogens is 1. The van der Waals surface area contributed by atoms with Crippen LogP contribution in [0.25, 0.3) is 0 Å². The van der Waals surface area contributed by atoms with Crippen molar-refractivity contribution in [3.63, 3.8) is 0 Å². The predicted molar refractivity (Wildman–Crippen MR) is 83.0 cm³/mol. The van der Waals surface area contributed by atoms with Crippen LogP contribution in [0, 0.1) is 12.7 Å². The van der Waals surface area contributed by atoms with E-state index in [2.05, 4.69) is 9.82 Å². The summed E-state index contributed by atoms with van der Waals surface area (Å²) < 4.78 is 47.5. The van der Waals surface area contributed by atoms with Gasteiger partial charge in [0.2, 0.25) is 0 Å². The van der Waals surface area contributed by atoms with Crippen LogP contribution in [-0.4, -0.2) is 43.0 Å². The number of nitrogens with zero attached hydrogens (tertiary/aromatic N) is 2. The average molecular weight is 357 g/mol. The largest absolute Gasteiger partial charge is 0.478 e. The van der Waals surface area contributed by atoms with Gasteiger partial charge in [0.05, 0.1) is 30.6 Å². The topological polar surface area (TPSA) is 111 Å². The quantitative estimate of drug-likeness (QED) is 0.776. The molecule has 10 heteroatoms. The van der Waals surface area contributed by atoms with Crippen molar-refractivity contribution in [1.82, 2.24) is 9.78 Å². The van der Waals surface area contributed by atoms with E-state index in [1.165, 1.54) is 31.1 Å². The van der Waals surface area contributed by atoms with Crippen molar-refractivity contribution in [2.45, 2.75) is 18.4 Å². The van der Waals surface area contributed by atoms with Gasteiger partial charge in [-0.15, -0.1) is 0 Å². The monoisotopic (exact) mass is 357 g/mol. The van der Waals surface area contributed by atoms with Crippen LogP contribution < -0.4 is 4.72 Å². The maximum atomic E-state index is 14.2. The number of aromatic nitrogens is 2. The van der Waals surface area contributed by atoms with E-state index in [4.69, 9.17) is 9.84 Å². The number of aromatic carboxylic acids is 1. The summed E-state index contributed by atoms with van der Waals surface area (Å²) in [7, 11) is -2.78. The van der Waals surface area contributed by atoms with Crippen molar-refractivity contribution in [1.29, 1.82) is 0 Å². The Morgan fingerprint density at radius 1 is 1.46 bits per heavy atom. The standard InChI is InChI=1S/C14H16FN3O5S/c1-9-5-11(14(19)20)13(15)12(6-9)24(21,22)17-10-7-16-18(8-10)3-4-23-2/h5-8,17H,3-4H2,1-2H3,(H,19,20). The first-order chi connectivity index (χ1) is 11.2. The molecule has 0 bridgehead atoms. The van der Waals surface area contributed by atoms with Crippen molar-refractivity contribution in [3.8, 4) is 0 Å². The van der Waals surface area contributed by atoms with Crippen LogP contribution in [0.15, 0.2) is 29.4 Å². The molecular weight excluding hydrogens is 341 g/mol.